The molecule has 1 aromatic carbocycles. The molecular weight excluding hydrogens is 256 g/mol. The van der Waals surface area contributed by atoms with Crippen LogP contribution in [0, 0.1) is 0 Å². The number of para-hydroxylation sites is 1. The highest BCUT2D eigenvalue weighted by molar-refractivity contribution is 6.00. The van der Waals surface area contributed by atoms with E-state index in [1.54, 1.807) is 30.1 Å². The molecule has 0 saturated heterocycles. The van der Waals surface area contributed by atoms with Crippen LogP contribution in [0.1, 0.15) is 24.2 Å². The largest absolute Gasteiger partial charge is 0.496 e. The lowest BCUT2D eigenvalue weighted by molar-refractivity contribution is -0.122. The van der Waals surface area contributed by atoms with Gasteiger partial charge in [0.25, 0.3) is 0 Å². The lowest BCUT2D eigenvalue weighted by atomic mass is 10.1. The van der Waals surface area contributed by atoms with Gasteiger partial charge in [0.2, 0.25) is 5.91 Å². The fraction of sp³-hybridized carbons (Fsp3) is 0.467. The van der Waals surface area contributed by atoms with Gasteiger partial charge in [-0.3, -0.25) is 14.5 Å². The number of rotatable bonds is 7. The van der Waals surface area contributed by atoms with E-state index in [2.05, 4.69) is 5.32 Å². The fourth-order valence-electron chi connectivity index (χ4n) is 1.87. The monoisotopic (exact) mass is 278 g/mol. The lowest BCUT2D eigenvalue weighted by Gasteiger charge is -2.17. The SMILES string of the molecule is COc1ccccc1C(=O)CN(C)CC(=O)NC(C)C. The summed E-state index contributed by atoms with van der Waals surface area (Å²) in [7, 11) is 3.28. The van der Waals surface area contributed by atoms with Crippen LogP contribution in [0.5, 0.6) is 5.75 Å². The molecule has 0 aliphatic carbocycles. The number of carbonyl (C=O) groups excluding carboxylic acids is 2. The third-order valence-electron chi connectivity index (χ3n) is 2.68. The van der Waals surface area contributed by atoms with Gasteiger partial charge in [-0.25, -0.2) is 0 Å². The molecule has 0 spiro atoms. The minimum atomic E-state index is -0.0877. The van der Waals surface area contributed by atoms with Gasteiger partial charge in [0.1, 0.15) is 5.75 Å². The molecule has 0 radical (unpaired) electrons. The molecule has 0 aliphatic heterocycles. The zero-order valence-corrected chi connectivity index (χ0v) is 12.5. The molecule has 0 unspecified atom stereocenters. The summed E-state index contributed by atoms with van der Waals surface area (Å²) < 4.78 is 5.16. The molecule has 5 nitrogen and oxygen atoms in total. The van der Waals surface area contributed by atoms with Crippen LogP contribution >= 0.6 is 0 Å². The van der Waals surface area contributed by atoms with E-state index in [1.807, 2.05) is 19.9 Å². The molecule has 20 heavy (non-hydrogen) atoms. The molecule has 0 aliphatic rings. The predicted octanol–water partition coefficient (Wildman–Crippen LogP) is 1.33. The van der Waals surface area contributed by atoms with Gasteiger partial charge in [0.15, 0.2) is 5.78 Å². The highest BCUT2D eigenvalue weighted by Crippen LogP contribution is 2.17. The molecular formula is C15H22N2O3. The number of amides is 1. The number of likely N-dealkylation sites (N-methyl/N-ethyl adjacent to an activating group) is 1. The molecule has 5 heteroatoms. The first kappa shape index (κ1) is 16.2. The second kappa shape index (κ2) is 7.65. The van der Waals surface area contributed by atoms with Gasteiger partial charge in [-0.15, -0.1) is 0 Å². The van der Waals surface area contributed by atoms with Crippen molar-refractivity contribution in [3.8, 4) is 5.75 Å². The van der Waals surface area contributed by atoms with E-state index in [1.165, 1.54) is 7.11 Å². The standard InChI is InChI=1S/C15H22N2O3/c1-11(2)16-15(19)10-17(3)9-13(18)12-7-5-6-8-14(12)20-4/h5-8,11H,9-10H2,1-4H3,(H,16,19). The van der Waals surface area contributed by atoms with Crippen molar-refractivity contribution >= 4 is 11.7 Å². The maximum atomic E-state index is 12.2. The molecule has 110 valence electrons. The highest BCUT2D eigenvalue weighted by Gasteiger charge is 2.15. The smallest absolute Gasteiger partial charge is 0.234 e. The van der Waals surface area contributed by atoms with E-state index < -0.39 is 0 Å². The van der Waals surface area contributed by atoms with Crippen molar-refractivity contribution in [3.63, 3.8) is 0 Å². The molecule has 1 amide bonds. The minimum Gasteiger partial charge on any atom is -0.496 e. The van der Waals surface area contributed by atoms with Gasteiger partial charge in [-0.05, 0) is 33.0 Å². The summed E-state index contributed by atoms with van der Waals surface area (Å²) in [5, 5.41) is 2.79. The van der Waals surface area contributed by atoms with Gasteiger partial charge in [0.05, 0.1) is 25.8 Å². The second-order valence-corrected chi connectivity index (χ2v) is 5.02. The number of ether oxygens (including phenoxy) is 1. The molecule has 0 heterocycles. The Kier molecular flexibility index (Phi) is 6.18. The summed E-state index contributed by atoms with van der Waals surface area (Å²) in [6.45, 7) is 4.17. The first-order valence-corrected chi connectivity index (χ1v) is 6.58. The van der Waals surface area contributed by atoms with Crippen molar-refractivity contribution in [1.29, 1.82) is 0 Å². The first-order valence-electron chi connectivity index (χ1n) is 6.58. The van der Waals surface area contributed by atoms with Gasteiger partial charge < -0.3 is 10.1 Å². The van der Waals surface area contributed by atoms with Crippen LogP contribution in [0.25, 0.3) is 0 Å². The third-order valence-corrected chi connectivity index (χ3v) is 2.68. The maximum absolute atomic E-state index is 12.2. The van der Waals surface area contributed by atoms with Gasteiger partial charge in [0, 0.05) is 6.04 Å². The van der Waals surface area contributed by atoms with Gasteiger partial charge in [-0.1, -0.05) is 12.1 Å². The first-order chi connectivity index (χ1) is 9.43. The van der Waals surface area contributed by atoms with E-state index in [9.17, 15) is 9.59 Å². The maximum Gasteiger partial charge on any atom is 0.234 e. The van der Waals surface area contributed by atoms with Crippen LogP contribution < -0.4 is 10.1 Å². The Morgan fingerprint density at radius 1 is 1.25 bits per heavy atom. The van der Waals surface area contributed by atoms with E-state index in [-0.39, 0.29) is 30.8 Å². The topological polar surface area (TPSA) is 58.6 Å². The van der Waals surface area contributed by atoms with E-state index in [4.69, 9.17) is 4.74 Å². The quantitative estimate of drug-likeness (QED) is 0.765. The molecule has 0 fully saturated rings. The number of ketones is 1. The van der Waals surface area contributed by atoms with Crippen molar-refractivity contribution in [3.05, 3.63) is 29.8 Å². The second-order valence-electron chi connectivity index (χ2n) is 5.02. The van der Waals surface area contributed by atoms with Crippen molar-refractivity contribution in [2.24, 2.45) is 0 Å². The molecule has 1 N–H and O–H groups in total. The van der Waals surface area contributed by atoms with Crippen LogP contribution in [0.15, 0.2) is 24.3 Å². The van der Waals surface area contributed by atoms with Crippen molar-refractivity contribution in [2.45, 2.75) is 19.9 Å². The average Bonchev–Trinajstić information content (AvgIpc) is 2.37. The minimum absolute atomic E-state index is 0.0673. The molecule has 0 atom stereocenters. The molecule has 1 rings (SSSR count). The number of carbonyl (C=O) groups is 2. The zero-order valence-electron chi connectivity index (χ0n) is 12.5. The summed E-state index contributed by atoms with van der Waals surface area (Å²) in [5.74, 6) is 0.398. The molecule has 0 saturated carbocycles. The van der Waals surface area contributed by atoms with Crippen LogP contribution in [-0.2, 0) is 4.79 Å². The van der Waals surface area contributed by atoms with E-state index in [0.29, 0.717) is 11.3 Å². The Labute approximate surface area is 119 Å². The van der Waals surface area contributed by atoms with Crippen molar-refractivity contribution in [2.75, 3.05) is 27.2 Å². The number of hydrogen-bond acceptors (Lipinski definition) is 4. The summed E-state index contributed by atoms with van der Waals surface area (Å²) >= 11 is 0. The molecule has 1 aromatic rings. The number of hydrogen-bond donors (Lipinski definition) is 1. The Balaban J connectivity index is 2.59. The Bertz CT molecular complexity index is 472. The lowest BCUT2D eigenvalue weighted by Crippen LogP contribution is -2.40. The van der Waals surface area contributed by atoms with E-state index in [0.717, 1.165) is 0 Å². The number of nitrogens with zero attached hydrogens (tertiary/aromatic N) is 1. The highest BCUT2D eigenvalue weighted by atomic mass is 16.5. The average molecular weight is 278 g/mol. The van der Waals surface area contributed by atoms with Crippen LogP contribution in [0.3, 0.4) is 0 Å². The van der Waals surface area contributed by atoms with Crippen molar-refractivity contribution < 1.29 is 14.3 Å². The van der Waals surface area contributed by atoms with E-state index >= 15 is 0 Å². The Hall–Kier alpha value is -1.88. The Morgan fingerprint density at radius 3 is 2.50 bits per heavy atom. The number of methoxy groups -OCH3 is 1. The third kappa shape index (κ3) is 5.01. The van der Waals surface area contributed by atoms with Crippen molar-refractivity contribution in [1.82, 2.24) is 10.2 Å². The number of benzene rings is 1. The number of nitrogens with one attached hydrogen (secondary N) is 1. The fourth-order valence-corrected chi connectivity index (χ4v) is 1.87. The predicted molar refractivity (Wildman–Crippen MR) is 78.1 cm³/mol. The van der Waals surface area contributed by atoms with Crippen LogP contribution in [-0.4, -0.2) is 49.9 Å². The summed E-state index contributed by atoms with van der Waals surface area (Å²) in [6.07, 6.45) is 0. The van der Waals surface area contributed by atoms with Gasteiger partial charge >= 0.3 is 0 Å². The molecule has 0 aromatic heterocycles. The van der Waals surface area contributed by atoms with Crippen LogP contribution in [0.4, 0.5) is 0 Å². The molecule has 0 bridgehead atoms. The number of Topliss-reactive ketones (excluding diaryl/α,β-unsaturated/α-hetero) is 1. The van der Waals surface area contributed by atoms with Crippen LogP contribution in [0.2, 0.25) is 0 Å². The Morgan fingerprint density at radius 2 is 1.90 bits per heavy atom. The van der Waals surface area contributed by atoms with Gasteiger partial charge in [-0.2, -0.15) is 0 Å². The normalized spacial score (nSPS) is 10.7. The summed E-state index contributed by atoms with van der Waals surface area (Å²) in [5.41, 5.74) is 0.533. The zero-order chi connectivity index (χ0) is 15.1. The summed E-state index contributed by atoms with van der Waals surface area (Å²) in [4.78, 5) is 25.5. The summed E-state index contributed by atoms with van der Waals surface area (Å²) in [6, 6.07) is 7.18.